The maximum absolute atomic E-state index is 9.14. The molecule has 0 saturated carbocycles. The highest BCUT2D eigenvalue weighted by Gasteiger charge is 1.83. The van der Waals surface area contributed by atoms with Crippen molar-refractivity contribution in [2.24, 2.45) is 0 Å². The summed E-state index contributed by atoms with van der Waals surface area (Å²) in [5.74, 6) is 0. The van der Waals surface area contributed by atoms with Crippen LogP contribution in [0.3, 0.4) is 0 Å². The van der Waals surface area contributed by atoms with Crippen molar-refractivity contribution < 1.29 is 9.92 Å². The summed E-state index contributed by atoms with van der Waals surface area (Å²) in [6, 6.07) is 0. The molecule has 0 aromatic carbocycles. The molecule has 0 unspecified atom stereocenters. The smallest absolute Gasteiger partial charge is 0.294 e. The molecule has 0 rings (SSSR count). The number of rotatable bonds is 2. The first-order valence-electron chi connectivity index (χ1n) is 1.34. The van der Waals surface area contributed by atoms with Crippen molar-refractivity contribution in [3.05, 3.63) is 17.0 Å². The fourth-order valence-electron chi connectivity index (χ4n) is 0.0745. The Bertz CT molecular complexity index is 52.8. The Hall–Kier alpha value is -0.800. The van der Waals surface area contributed by atoms with Crippen LogP contribution in [0.1, 0.15) is 0 Å². The minimum absolute atomic E-state index is 0.118. The van der Waals surface area contributed by atoms with Crippen LogP contribution in [0.25, 0.3) is 0 Å². The average Bonchev–Trinajstić information content (AvgIpc) is 1.35. The molecular formula is C2H4NO3. The fraction of sp³-hybridized carbons (Fsp3) is 0.500. The van der Waals surface area contributed by atoms with Gasteiger partial charge in [0.25, 0.3) is 5.09 Å². The third kappa shape index (κ3) is 3.20. The standard InChI is InChI=1S/C2H4NO3/c1-2-6-3(4)5/h1-2H2. The van der Waals surface area contributed by atoms with E-state index in [0.717, 1.165) is 0 Å². The van der Waals surface area contributed by atoms with Crippen LogP contribution in [0, 0.1) is 17.0 Å². The summed E-state index contributed by atoms with van der Waals surface area (Å²) in [5.41, 5.74) is 0. The van der Waals surface area contributed by atoms with Crippen molar-refractivity contribution >= 4 is 0 Å². The van der Waals surface area contributed by atoms with Gasteiger partial charge in [-0.3, -0.25) is 0 Å². The second kappa shape index (κ2) is 2.44. The van der Waals surface area contributed by atoms with Crippen molar-refractivity contribution in [2.75, 3.05) is 6.61 Å². The quantitative estimate of drug-likeness (QED) is 0.355. The molecule has 0 fully saturated rings. The summed E-state index contributed by atoms with van der Waals surface area (Å²) < 4.78 is 0. The Morgan fingerprint density at radius 2 is 2.50 bits per heavy atom. The van der Waals surface area contributed by atoms with Gasteiger partial charge >= 0.3 is 0 Å². The van der Waals surface area contributed by atoms with Crippen LogP contribution in [0.15, 0.2) is 0 Å². The Kier molecular flexibility index (Phi) is 2.11. The lowest BCUT2D eigenvalue weighted by atomic mass is 10.9. The minimum Gasteiger partial charge on any atom is -0.314 e. The van der Waals surface area contributed by atoms with Gasteiger partial charge < -0.3 is 4.84 Å². The van der Waals surface area contributed by atoms with Gasteiger partial charge in [-0.1, -0.05) is 0 Å². The van der Waals surface area contributed by atoms with Gasteiger partial charge in [0.15, 0.2) is 0 Å². The normalized spacial score (nSPS) is 7.50. The Morgan fingerprint density at radius 1 is 2.00 bits per heavy atom. The SMILES string of the molecule is [CH2]CO[N+](=O)[O-]. The maximum Gasteiger partial charge on any atom is 0.294 e. The molecule has 0 amide bonds. The van der Waals surface area contributed by atoms with Crippen LogP contribution in [-0.4, -0.2) is 11.7 Å². The minimum atomic E-state index is -0.882. The summed E-state index contributed by atoms with van der Waals surface area (Å²) in [5, 5.41) is 8.26. The Labute approximate surface area is 34.8 Å². The highest BCUT2D eigenvalue weighted by atomic mass is 16.9. The molecular weight excluding hydrogens is 86.0 g/mol. The summed E-state index contributed by atoms with van der Waals surface area (Å²) in [6.45, 7) is 2.94. The molecule has 0 N–H and O–H groups in total. The molecule has 0 aliphatic heterocycles. The number of hydrogen-bond acceptors (Lipinski definition) is 3. The van der Waals surface area contributed by atoms with Crippen LogP contribution in [0.2, 0.25) is 0 Å². The first-order chi connectivity index (χ1) is 2.77. The topological polar surface area (TPSA) is 52.4 Å². The van der Waals surface area contributed by atoms with Crippen molar-refractivity contribution in [3.63, 3.8) is 0 Å². The zero-order valence-corrected chi connectivity index (χ0v) is 3.09. The number of nitrogens with zero attached hydrogens (tertiary/aromatic N) is 1. The van der Waals surface area contributed by atoms with Gasteiger partial charge in [0.05, 0.1) is 6.61 Å². The monoisotopic (exact) mass is 90.0 g/mol. The molecule has 4 heteroatoms. The zero-order chi connectivity index (χ0) is 4.99. The average molecular weight is 90.1 g/mol. The third-order valence-electron chi connectivity index (χ3n) is 0.197. The molecule has 0 atom stereocenters. The predicted octanol–water partition coefficient (Wildman–Crippen LogP) is 0.0288. The van der Waals surface area contributed by atoms with Crippen molar-refractivity contribution in [2.45, 2.75) is 0 Å². The van der Waals surface area contributed by atoms with E-state index in [9.17, 15) is 0 Å². The van der Waals surface area contributed by atoms with Gasteiger partial charge in [-0.15, -0.1) is 10.1 Å². The van der Waals surface area contributed by atoms with E-state index in [0.29, 0.717) is 0 Å². The van der Waals surface area contributed by atoms with Gasteiger partial charge in [0.2, 0.25) is 0 Å². The van der Waals surface area contributed by atoms with Crippen molar-refractivity contribution in [1.29, 1.82) is 0 Å². The lowest BCUT2D eigenvalue weighted by Gasteiger charge is -1.83. The summed E-state index contributed by atoms with van der Waals surface area (Å²) in [7, 11) is 0. The lowest BCUT2D eigenvalue weighted by Crippen LogP contribution is -1.97. The first kappa shape index (κ1) is 5.20. The van der Waals surface area contributed by atoms with E-state index in [4.69, 9.17) is 10.1 Å². The molecule has 0 saturated heterocycles. The second-order valence-corrected chi connectivity index (χ2v) is 0.557. The maximum atomic E-state index is 9.14. The highest BCUT2D eigenvalue weighted by Crippen LogP contribution is 1.67. The van der Waals surface area contributed by atoms with Crippen molar-refractivity contribution in [1.82, 2.24) is 0 Å². The molecule has 1 radical (unpaired) electrons. The molecule has 0 heterocycles. The molecule has 0 aliphatic rings. The van der Waals surface area contributed by atoms with E-state index < -0.39 is 5.09 Å². The summed E-state index contributed by atoms with van der Waals surface area (Å²) in [4.78, 5) is 12.8. The van der Waals surface area contributed by atoms with E-state index in [1.807, 2.05) is 0 Å². The van der Waals surface area contributed by atoms with Gasteiger partial charge in [-0.2, -0.15) is 0 Å². The molecule has 0 bridgehead atoms. The van der Waals surface area contributed by atoms with E-state index in [1.165, 1.54) is 0 Å². The third-order valence-corrected chi connectivity index (χ3v) is 0.197. The van der Waals surface area contributed by atoms with Crippen molar-refractivity contribution in [3.8, 4) is 0 Å². The van der Waals surface area contributed by atoms with E-state index in [-0.39, 0.29) is 6.61 Å². The fourth-order valence-corrected chi connectivity index (χ4v) is 0.0745. The second-order valence-electron chi connectivity index (χ2n) is 0.557. The first-order valence-corrected chi connectivity index (χ1v) is 1.34. The Balaban J connectivity index is 2.83. The molecule has 0 aliphatic carbocycles. The van der Waals surface area contributed by atoms with Gasteiger partial charge in [0, 0.05) is 0 Å². The molecule has 0 aromatic rings. The van der Waals surface area contributed by atoms with Gasteiger partial charge in [-0.05, 0) is 6.92 Å². The molecule has 4 nitrogen and oxygen atoms in total. The molecule has 0 aromatic heterocycles. The van der Waals surface area contributed by atoms with E-state index in [2.05, 4.69) is 11.8 Å². The van der Waals surface area contributed by atoms with E-state index in [1.54, 1.807) is 0 Å². The van der Waals surface area contributed by atoms with Crippen LogP contribution < -0.4 is 0 Å². The molecule has 0 spiro atoms. The van der Waals surface area contributed by atoms with Crippen LogP contribution in [-0.2, 0) is 4.84 Å². The summed E-state index contributed by atoms with van der Waals surface area (Å²) in [6.07, 6.45) is 0. The van der Waals surface area contributed by atoms with Crippen LogP contribution in [0.4, 0.5) is 0 Å². The summed E-state index contributed by atoms with van der Waals surface area (Å²) >= 11 is 0. The van der Waals surface area contributed by atoms with Gasteiger partial charge in [0.1, 0.15) is 0 Å². The molecule has 6 heavy (non-hydrogen) atoms. The predicted molar refractivity (Wildman–Crippen MR) is 18.3 cm³/mol. The van der Waals surface area contributed by atoms with Crippen LogP contribution >= 0.6 is 0 Å². The van der Waals surface area contributed by atoms with Crippen LogP contribution in [0.5, 0.6) is 0 Å². The van der Waals surface area contributed by atoms with Gasteiger partial charge in [-0.25, -0.2) is 0 Å². The van der Waals surface area contributed by atoms with E-state index >= 15 is 0 Å². The largest absolute Gasteiger partial charge is 0.314 e. The zero-order valence-electron chi connectivity index (χ0n) is 3.09. The molecule has 35 valence electrons. The Morgan fingerprint density at radius 3 is 2.50 bits per heavy atom. The highest BCUT2D eigenvalue weighted by molar-refractivity contribution is 4.19. The number of hydrogen-bond donors (Lipinski definition) is 0. The lowest BCUT2D eigenvalue weighted by molar-refractivity contribution is -0.755.